The average Bonchev–Trinajstić information content (AvgIpc) is 2.38. The standard InChI is InChI=1S/C14H23N3O2S/c15-20(18,19)17-14-8-4-7-13(11-14)16-10-9-12-5-2-1-3-6-12/h4,7-8,11-12,16-17H,1-3,5-6,9-10H2,(H2,15,18,19). The minimum absolute atomic E-state index is 0.482. The van der Waals surface area contributed by atoms with Crippen molar-refractivity contribution < 1.29 is 8.42 Å². The molecule has 6 heteroatoms. The molecule has 20 heavy (non-hydrogen) atoms. The highest BCUT2D eigenvalue weighted by atomic mass is 32.2. The third-order valence-electron chi connectivity index (χ3n) is 3.73. The van der Waals surface area contributed by atoms with Crippen molar-refractivity contribution in [2.45, 2.75) is 38.5 Å². The van der Waals surface area contributed by atoms with Crippen LogP contribution in [-0.2, 0) is 10.2 Å². The Bertz CT molecular complexity index is 525. The van der Waals surface area contributed by atoms with Gasteiger partial charge in [0.2, 0.25) is 0 Å². The summed E-state index contributed by atoms with van der Waals surface area (Å²) < 4.78 is 24.2. The van der Waals surface area contributed by atoms with Crippen LogP contribution < -0.4 is 15.2 Å². The minimum Gasteiger partial charge on any atom is -0.385 e. The van der Waals surface area contributed by atoms with Crippen LogP contribution in [0.15, 0.2) is 24.3 Å². The predicted molar refractivity (Wildman–Crippen MR) is 82.9 cm³/mol. The second-order valence-electron chi connectivity index (χ2n) is 5.45. The highest BCUT2D eigenvalue weighted by Crippen LogP contribution is 2.26. The molecule has 0 amide bonds. The van der Waals surface area contributed by atoms with Gasteiger partial charge in [-0.2, -0.15) is 8.42 Å². The molecule has 1 aliphatic carbocycles. The lowest BCUT2D eigenvalue weighted by atomic mass is 9.87. The largest absolute Gasteiger partial charge is 0.385 e. The van der Waals surface area contributed by atoms with Crippen molar-refractivity contribution in [3.05, 3.63) is 24.3 Å². The van der Waals surface area contributed by atoms with E-state index in [2.05, 4.69) is 10.0 Å². The molecule has 112 valence electrons. The van der Waals surface area contributed by atoms with Gasteiger partial charge in [0.05, 0.1) is 5.69 Å². The molecule has 0 heterocycles. The third kappa shape index (κ3) is 5.38. The van der Waals surface area contributed by atoms with Crippen LogP contribution >= 0.6 is 0 Å². The summed E-state index contributed by atoms with van der Waals surface area (Å²) in [6.07, 6.45) is 7.96. The van der Waals surface area contributed by atoms with E-state index >= 15 is 0 Å². The van der Waals surface area contributed by atoms with Gasteiger partial charge >= 0.3 is 0 Å². The number of benzene rings is 1. The van der Waals surface area contributed by atoms with Gasteiger partial charge in [0.25, 0.3) is 10.2 Å². The molecule has 0 unspecified atom stereocenters. The van der Waals surface area contributed by atoms with Crippen LogP contribution in [0.4, 0.5) is 11.4 Å². The van der Waals surface area contributed by atoms with Crippen molar-refractivity contribution in [3.63, 3.8) is 0 Å². The van der Waals surface area contributed by atoms with Crippen molar-refractivity contribution in [2.24, 2.45) is 11.1 Å². The van der Waals surface area contributed by atoms with Gasteiger partial charge in [-0.25, -0.2) is 5.14 Å². The van der Waals surface area contributed by atoms with Crippen LogP contribution in [0, 0.1) is 5.92 Å². The van der Waals surface area contributed by atoms with Gasteiger partial charge in [0.15, 0.2) is 0 Å². The molecule has 2 rings (SSSR count). The Morgan fingerprint density at radius 3 is 2.55 bits per heavy atom. The zero-order valence-electron chi connectivity index (χ0n) is 11.6. The van der Waals surface area contributed by atoms with Gasteiger partial charge in [0, 0.05) is 12.2 Å². The van der Waals surface area contributed by atoms with Gasteiger partial charge in [-0.3, -0.25) is 4.72 Å². The van der Waals surface area contributed by atoms with Crippen LogP contribution in [-0.4, -0.2) is 15.0 Å². The van der Waals surface area contributed by atoms with E-state index in [1.165, 1.54) is 38.5 Å². The van der Waals surface area contributed by atoms with E-state index in [4.69, 9.17) is 5.14 Å². The molecule has 1 aliphatic rings. The zero-order valence-corrected chi connectivity index (χ0v) is 12.5. The van der Waals surface area contributed by atoms with Gasteiger partial charge in [-0.15, -0.1) is 0 Å². The highest BCUT2D eigenvalue weighted by Gasteiger charge is 2.12. The molecule has 1 fully saturated rings. The van der Waals surface area contributed by atoms with Crippen molar-refractivity contribution in [3.8, 4) is 0 Å². The number of hydrogen-bond donors (Lipinski definition) is 3. The summed E-state index contributed by atoms with van der Waals surface area (Å²) in [6.45, 7) is 0.920. The second-order valence-corrected chi connectivity index (χ2v) is 6.74. The number of rotatable bonds is 6. The fourth-order valence-electron chi connectivity index (χ4n) is 2.75. The number of nitrogens with two attached hydrogens (primary N) is 1. The van der Waals surface area contributed by atoms with E-state index in [-0.39, 0.29) is 0 Å². The highest BCUT2D eigenvalue weighted by molar-refractivity contribution is 7.90. The molecular formula is C14H23N3O2S. The molecular weight excluding hydrogens is 274 g/mol. The second kappa shape index (κ2) is 6.95. The van der Waals surface area contributed by atoms with Crippen molar-refractivity contribution >= 4 is 21.6 Å². The molecule has 1 aromatic carbocycles. The normalized spacial score (nSPS) is 16.9. The quantitative estimate of drug-likeness (QED) is 0.754. The molecule has 1 aromatic rings. The minimum atomic E-state index is -3.71. The summed E-state index contributed by atoms with van der Waals surface area (Å²) in [5.74, 6) is 0.835. The summed E-state index contributed by atoms with van der Waals surface area (Å²) in [5.41, 5.74) is 1.39. The monoisotopic (exact) mass is 297 g/mol. The summed E-state index contributed by atoms with van der Waals surface area (Å²) in [5, 5.41) is 8.30. The Morgan fingerprint density at radius 1 is 1.15 bits per heavy atom. The maximum Gasteiger partial charge on any atom is 0.296 e. The molecule has 4 N–H and O–H groups in total. The van der Waals surface area contributed by atoms with E-state index in [9.17, 15) is 8.42 Å². The number of anilines is 2. The van der Waals surface area contributed by atoms with E-state index < -0.39 is 10.2 Å². The maximum absolute atomic E-state index is 11.0. The summed E-state index contributed by atoms with van der Waals surface area (Å²) >= 11 is 0. The Labute approximate surface area is 121 Å². The lowest BCUT2D eigenvalue weighted by Gasteiger charge is -2.21. The first-order chi connectivity index (χ1) is 9.53. The van der Waals surface area contributed by atoms with Gasteiger partial charge in [-0.1, -0.05) is 38.2 Å². The molecule has 1 saturated carbocycles. The maximum atomic E-state index is 11.0. The van der Waals surface area contributed by atoms with E-state index in [1.807, 2.05) is 6.07 Å². The Morgan fingerprint density at radius 2 is 1.85 bits per heavy atom. The fourth-order valence-corrected chi connectivity index (χ4v) is 3.21. The SMILES string of the molecule is NS(=O)(=O)Nc1cccc(NCCC2CCCCC2)c1. The van der Waals surface area contributed by atoms with Crippen LogP contribution in [0.3, 0.4) is 0 Å². The van der Waals surface area contributed by atoms with Gasteiger partial charge in [0.1, 0.15) is 0 Å². The average molecular weight is 297 g/mol. The van der Waals surface area contributed by atoms with Crippen LogP contribution in [0.5, 0.6) is 0 Å². The summed E-state index contributed by atoms with van der Waals surface area (Å²) in [4.78, 5) is 0. The molecule has 0 radical (unpaired) electrons. The van der Waals surface area contributed by atoms with Gasteiger partial charge < -0.3 is 5.32 Å². The molecule has 0 aliphatic heterocycles. The Balaban J connectivity index is 1.81. The van der Waals surface area contributed by atoms with Crippen LogP contribution in [0.25, 0.3) is 0 Å². The fraction of sp³-hybridized carbons (Fsp3) is 0.571. The van der Waals surface area contributed by atoms with Crippen molar-refractivity contribution in [2.75, 3.05) is 16.6 Å². The smallest absolute Gasteiger partial charge is 0.296 e. The molecule has 0 aromatic heterocycles. The Hall–Kier alpha value is -1.27. The van der Waals surface area contributed by atoms with Crippen LogP contribution in [0.1, 0.15) is 38.5 Å². The first kappa shape index (κ1) is 15.1. The number of nitrogens with one attached hydrogen (secondary N) is 2. The summed E-state index contributed by atoms with van der Waals surface area (Å²) in [7, 11) is -3.71. The topological polar surface area (TPSA) is 84.2 Å². The van der Waals surface area contributed by atoms with Crippen LogP contribution in [0.2, 0.25) is 0 Å². The third-order valence-corrected chi connectivity index (χ3v) is 4.25. The molecule has 0 spiro atoms. The summed E-state index contributed by atoms with van der Waals surface area (Å²) in [6, 6.07) is 7.16. The first-order valence-corrected chi connectivity index (χ1v) is 8.72. The lowest BCUT2D eigenvalue weighted by molar-refractivity contribution is 0.345. The molecule has 5 nitrogen and oxygen atoms in total. The predicted octanol–water partition coefficient (Wildman–Crippen LogP) is 2.68. The van der Waals surface area contributed by atoms with Crippen molar-refractivity contribution in [1.29, 1.82) is 0 Å². The lowest BCUT2D eigenvalue weighted by Crippen LogP contribution is -2.21. The number of hydrogen-bond acceptors (Lipinski definition) is 3. The van der Waals surface area contributed by atoms with E-state index in [0.717, 1.165) is 18.2 Å². The molecule has 0 saturated heterocycles. The Kier molecular flexibility index (Phi) is 5.25. The molecule has 0 atom stereocenters. The van der Waals surface area contributed by atoms with Crippen molar-refractivity contribution in [1.82, 2.24) is 0 Å². The van der Waals surface area contributed by atoms with Gasteiger partial charge in [-0.05, 0) is 30.5 Å². The van der Waals surface area contributed by atoms with E-state index in [1.54, 1.807) is 18.2 Å². The molecule has 0 bridgehead atoms. The first-order valence-electron chi connectivity index (χ1n) is 7.17. The van der Waals surface area contributed by atoms with E-state index in [0.29, 0.717) is 5.69 Å². The zero-order chi connectivity index (χ0) is 14.4.